The summed E-state index contributed by atoms with van der Waals surface area (Å²) in [6, 6.07) is 14.1. The molecule has 4 heteroatoms. The van der Waals surface area contributed by atoms with Crippen LogP contribution < -0.4 is 5.32 Å². The van der Waals surface area contributed by atoms with Crippen LogP contribution in [-0.4, -0.2) is 7.11 Å². The summed E-state index contributed by atoms with van der Waals surface area (Å²) in [4.78, 5) is 0. The molecule has 0 saturated heterocycles. The largest absolute Gasteiger partial charge is 0.381 e. The first-order valence-corrected chi connectivity index (χ1v) is 7.12. The summed E-state index contributed by atoms with van der Waals surface area (Å²) in [5.41, 5.74) is 3.28. The summed E-state index contributed by atoms with van der Waals surface area (Å²) in [5, 5.41) is 4.12. The van der Waals surface area contributed by atoms with Gasteiger partial charge in [-0.3, -0.25) is 0 Å². The molecule has 0 atom stereocenters. The third-order valence-corrected chi connectivity index (χ3v) is 3.58. The number of halogens is 2. The molecule has 2 aromatic rings. The maximum atomic E-state index is 6.19. The van der Waals surface area contributed by atoms with Crippen molar-refractivity contribution in [2.24, 2.45) is 0 Å². The lowest BCUT2D eigenvalue weighted by Crippen LogP contribution is -2.00. The minimum atomic E-state index is 0.620. The van der Waals surface area contributed by atoms with E-state index in [1.54, 1.807) is 7.11 Å². The Kier molecular flexibility index (Phi) is 5.25. The van der Waals surface area contributed by atoms with E-state index in [1.807, 2.05) is 36.4 Å². The van der Waals surface area contributed by atoms with Crippen LogP contribution in [0.2, 0.25) is 5.02 Å². The molecule has 0 radical (unpaired) electrons. The molecule has 0 aliphatic carbocycles. The number of methoxy groups -OCH3 is 1. The molecule has 0 aromatic heterocycles. The summed E-state index contributed by atoms with van der Waals surface area (Å²) < 4.78 is 6.11. The van der Waals surface area contributed by atoms with Crippen molar-refractivity contribution in [1.29, 1.82) is 0 Å². The Hall–Kier alpha value is -1.03. The molecule has 2 rings (SSSR count). The number of anilines is 1. The van der Waals surface area contributed by atoms with Gasteiger partial charge >= 0.3 is 0 Å². The Morgan fingerprint density at radius 1 is 1.21 bits per heavy atom. The number of hydrogen-bond donors (Lipinski definition) is 1. The van der Waals surface area contributed by atoms with E-state index in [-0.39, 0.29) is 0 Å². The van der Waals surface area contributed by atoms with Gasteiger partial charge in [-0.15, -0.1) is 0 Å². The van der Waals surface area contributed by atoms with Crippen molar-refractivity contribution >= 4 is 33.2 Å². The van der Waals surface area contributed by atoms with Crippen molar-refractivity contribution in [3.63, 3.8) is 0 Å². The molecule has 0 bridgehead atoms. The maximum Gasteiger partial charge on any atom is 0.0713 e. The van der Waals surface area contributed by atoms with Crippen LogP contribution in [0, 0.1) is 0 Å². The van der Waals surface area contributed by atoms with Crippen molar-refractivity contribution in [3.8, 4) is 0 Å². The highest BCUT2D eigenvalue weighted by Gasteiger charge is 2.01. The fourth-order valence-electron chi connectivity index (χ4n) is 1.80. The quantitative estimate of drug-likeness (QED) is 0.839. The number of nitrogens with one attached hydrogen (secondary N) is 1. The molecular formula is C15H15BrClNO. The van der Waals surface area contributed by atoms with Crippen molar-refractivity contribution in [2.45, 2.75) is 13.2 Å². The minimum absolute atomic E-state index is 0.620. The van der Waals surface area contributed by atoms with Gasteiger partial charge in [0.25, 0.3) is 0 Å². The van der Waals surface area contributed by atoms with Gasteiger partial charge in [-0.1, -0.05) is 45.7 Å². The van der Waals surface area contributed by atoms with E-state index in [1.165, 1.54) is 0 Å². The van der Waals surface area contributed by atoms with E-state index in [0.717, 1.165) is 26.3 Å². The van der Waals surface area contributed by atoms with E-state index < -0.39 is 0 Å². The van der Waals surface area contributed by atoms with Crippen LogP contribution in [0.4, 0.5) is 5.69 Å². The third kappa shape index (κ3) is 4.23. The number of benzene rings is 2. The normalized spacial score (nSPS) is 10.5. The molecule has 0 heterocycles. The summed E-state index contributed by atoms with van der Waals surface area (Å²) in [5.74, 6) is 0. The van der Waals surface area contributed by atoms with E-state index in [4.69, 9.17) is 16.3 Å². The zero-order valence-corrected chi connectivity index (χ0v) is 13.0. The zero-order valence-electron chi connectivity index (χ0n) is 10.6. The van der Waals surface area contributed by atoms with Crippen LogP contribution in [0.25, 0.3) is 0 Å². The van der Waals surface area contributed by atoms with E-state index >= 15 is 0 Å². The molecule has 0 spiro atoms. The minimum Gasteiger partial charge on any atom is -0.381 e. The molecule has 0 amide bonds. The Labute approximate surface area is 126 Å². The monoisotopic (exact) mass is 339 g/mol. The van der Waals surface area contributed by atoms with Crippen molar-refractivity contribution < 1.29 is 4.74 Å². The summed E-state index contributed by atoms with van der Waals surface area (Å²) in [7, 11) is 1.70. The van der Waals surface area contributed by atoms with Crippen molar-refractivity contribution in [1.82, 2.24) is 0 Å². The second-order valence-electron chi connectivity index (χ2n) is 4.22. The van der Waals surface area contributed by atoms with Crippen LogP contribution in [0.1, 0.15) is 11.1 Å². The van der Waals surface area contributed by atoms with Gasteiger partial charge in [-0.2, -0.15) is 0 Å². The predicted molar refractivity (Wildman–Crippen MR) is 83.6 cm³/mol. The van der Waals surface area contributed by atoms with Gasteiger partial charge in [0.05, 0.1) is 6.61 Å². The molecule has 19 heavy (non-hydrogen) atoms. The molecule has 2 aromatic carbocycles. The first kappa shape index (κ1) is 14.4. The standard InChI is InChI=1S/C15H15BrClNO/c1-19-10-11-3-2-4-14(7-11)18-9-12-5-6-13(16)8-15(12)17/h2-8,18H,9-10H2,1H3. The fourth-order valence-corrected chi connectivity index (χ4v) is 2.54. The molecule has 0 unspecified atom stereocenters. The number of rotatable bonds is 5. The van der Waals surface area contributed by atoms with Crippen LogP contribution in [-0.2, 0) is 17.9 Å². The topological polar surface area (TPSA) is 21.3 Å². The van der Waals surface area contributed by atoms with Crippen LogP contribution in [0.15, 0.2) is 46.9 Å². The molecule has 0 aliphatic heterocycles. The van der Waals surface area contributed by atoms with Crippen LogP contribution >= 0.6 is 27.5 Å². The summed E-state index contributed by atoms with van der Waals surface area (Å²) in [6.45, 7) is 1.32. The average molecular weight is 341 g/mol. The summed E-state index contributed by atoms with van der Waals surface area (Å²) in [6.07, 6.45) is 0. The van der Waals surface area contributed by atoms with Crippen LogP contribution in [0.5, 0.6) is 0 Å². The molecule has 0 fully saturated rings. The Morgan fingerprint density at radius 2 is 2.05 bits per heavy atom. The molecule has 100 valence electrons. The SMILES string of the molecule is COCc1cccc(NCc2ccc(Br)cc2Cl)c1. The Balaban J connectivity index is 2.03. The zero-order chi connectivity index (χ0) is 13.7. The van der Waals surface area contributed by atoms with Gasteiger partial charge in [0.1, 0.15) is 0 Å². The highest BCUT2D eigenvalue weighted by atomic mass is 79.9. The van der Waals surface area contributed by atoms with Gasteiger partial charge in [0.15, 0.2) is 0 Å². The van der Waals surface area contributed by atoms with Crippen molar-refractivity contribution in [2.75, 3.05) is 12.4 Å². The fraction of sp³-hybridized carbons (Fsp3) is 0.200. The van der Waals surface area contributed by atoms with Crippen LogP contribution in [0.3, 0.4) is 0 Å². The van der Waals surface area contributed by atoms with Gasteiger partial charge in [-0.25, -0.2) is 0 Å². The highest BCUT2D eigenvalue weighted by molar-refractivity contribution is 9.10. The molecule has 2 nitrogen and oxygen atoms in total. The maximum absolute atomic E-state index is 6.19. The molecule has 1 N–H and O–H groups in total. The van der Waals surface area contributed by atoms with E-state index in [2.05, 4.69) is 27.3 Å². The van der Waals surface area contributed by atoms with E-state index in [9.17, 15) is 0 Å². The number of hydrogen-bond acceptors (Lipinski definition) is 2. The highest BCUT2D eigenvalue weighted by Crippen LogP contribution is 2.22. The molecule has 0 saturated carbocycles. The van der Waals surface area contributed by atoms with Gasteiger partial charge < -0.3 is 10.1 Å². The van der Waals surface area contributed by atoms with E-state index in [0.29, 0.717) is 13.2 Å². The lowest BCUT2D eigenvalue weighted by atomic mass is 10.2. The third-order valence-electron chi connectivity index (χ3n) is 2.74. The molecule has 0 aliphatic rings. The summed E-state index contributed by atoms with van der Waals surface area (Å²) >= 11 is 9.59. The second kappa shape index (κ2) is 6.94. The van der Waals surface area contributed by atoms with Gasteiger partial charge in [0.2, 0.25) is 0 Å². The second-order valence-corrected chi connectivity index (χ2v) is 5.55. The number of ether oxygens (including phenoxy) is 1. The Bertz CT molecular complexity index is 560. The lowest BCUT2D eigenvalue weighted by molar-refractivity contribution is 0.185. The first-order chi connectivity index (χ1) is 9.19. The predicted octanol–water partition coefficient (Wildman–Crippen LogP) is 4.86. The van der Waals surface area contributed by atoms with Gasteiger partial charge in [-0.05, 0) is 35.4 Å². The first-order valence-electron chi connectivity index (χ1n) is 5.94. The average Bonchev–Trinajstić information content (AvgIpc) is 2.38. The lowest BCUT2D eigenvalue weighted by Gasteiger charge is -2.10. The smallest absolute Gasteiger partial charge is 0.0713 e. The molecular weight excluding hydrogens is 326 g/mol. The Morgan fingerprint density at radius 3 is 2.79 bits per heavy atom. The van der Waals surface area contributed by atoms with Gasteiger partial charge in [0, 0.05) is 28.8 Å². The van der Waals surface area contributed by atoms with Crippen molar-refractivity contribution in [3.05, 3.63) is 63.1 Å².